The molecule has 0 atom stereocenters. The van der Waals surface area contributed by atoms with E-state index < -0.39 is 0 Å². The van der Waals surface area contributed by atoms with Crippen molar-refractivity contribution in [3.8, 4) is 5.75 Å². The Bertz CT molecular complexity index is 1140. The topological polar surface area (TPSA) is 29.5 Å². The number of anilines is 1. The van der Waals surface area contributed by atoms with E-state index in [1.54, 1.807) is 12.0 Å². The van der Waals surface area contributed by atoms with Crippen molar-refractivity contribution in [2.45, 2.75) is 0 Å². The number of hydrogen-bond donors (Lipinski definition) is 0. The summed E-state index contributed by atoms with van der Waals surface area (Å²) in [5.74, 6) is 0.712. The Labute approximate surface area is 192 Å². The van der Waals surface area contributed by atoms with Gasteiger partial charge in [0.2, 0.25) is 0 Å². The minimum atomic E-state index is -0.0437. The van der Waals surface area contributed by atoms with Gasteiger partial charge in [0.05, 0.1) is 23.0 Å². The van der Waals surface area contributed by atoms with Crippen LogP contribution in [0.2, 0.25) is 0 Å². The Kier molecular flexibility index (Phi) is 5.87. The molecule has 0 radical (unpaired) electrons. The molecule has 0 saturated heterocycles. The Morgan fingerprint density at radius 3 is 2.48 bits per heavy atom. The Morgan fingerprint density at radius 1 is 1.00 bits per heavy atom. The van der Waals surface area contributed by atoms with Crippen molar-refractivity contribution in [3.05, 3.63) is 104 Å². The van der Waals surface area contributed by atoms with Crippen LogP contribution in [0.15, 0.2) is 88.9 Å². The fraction of sp³-hybridized carbons (Fsp3) is 0.0417. The lowest BCUT2D eigenvalue weighted by Gasteiger charge is -2.21. The van der Waals surface area contributed by atoms with Crippen LogP contribution >= 0.6 is 38.5 Å². The first-order valence-corrected chi connectivity index (χ1v) is 10.9. The second-order valence-electron chi connectivity index (χ2n) is 6.51. The normalized spacial score (nSPS) is 15.0. The van der Waals surface area contributed by atoms with E-state index in [-0.39, 0.29) is 5.91 Å². The van der Waals surface area contributed by atoms with Crippen molar-refractivity contribution in [1.29, 1.82) is 0 Å². The molecule has 0 aliphatic carbocycles. The van der Waals surface area contributed by atoms with E-state index in [9.17, 15) is 4.79 Å². The third-order valence-electron chi connectivity index (χ3n) is 4.62. The van der Waals surface area contributed by atoms with Gasteiger partial charge in [0.15, 0.2) is 0 Å². The number of benzene rings is 3. The lowest BCUT2D eigenvalue weighted by molar-refractivity contribution is -0.113. The van der Waals surface area contributed by atoms with Crippen LogP contribution in [-0.2, 0) is 4.79 Å². The van der Waals surface area contributed by atoms with E-state index in [2.05, 4.69) is 38.5 Å². The fourth-order valence-corrected chi connectivity index (χ4v) is 4.35. The van der Waals surface area contributed by atoms with Crippen LogP contribution in [-0.4, -0.2) is 13.0 Å². The molecule has 1 aliphatic rings. The van der Waals surface area contributed by atoms with Gasteiger partial charge < -0.3 is 4.74 Å². The highest BCUT2D eigenvalue weighted by atomic mass is 127. The number of amides is 1. The van der Waals surface area contributed by atoms with Gasteiger partial charge in [0.25, 0.3) is 5.91 Å². The minimum absolute atomic E-state index is 0.0437. The second-order valence-corrected chi connectivity index (χ2v) is 8.61. The van der Waals surface area contributed by atoms with Gasteiger partial charge in [0, 0.05) is 9.14 Å². The summed E-state index contributed by atoms with van der Waals surface area (Å²) in [5.41, 5.74) is 4.29. The molecule has 0 bridgehead atoms. The molecule has 0 spiro atoms. The van der Waals surface area contributed by atoms with Crippen molar-refractivity contribution < 1.29 is 9.53 Å². The summed E-state index contributed by atoms with van der Waals surface area (Å²) >= 11 is 5.78. The minimum Gasteiger partial charge on any atom is -0.496 e. The van der Waals surface area contributed by atoms with Crippen LogP contribution in [0.3, 0.4) is 0 Å². The molecule has 0 unspecified atom stereocenters. The quantitative estimate of drug-likeness (QED) is 0.269. The van der Waals surface area contributed by atoms with E-state index in [4.69, 9.17) is 4.74 Å². The van der Waals surface area contributed by atoms with Crippen LogP contribution in [0.5, 0.6) is 5.75 Å². The fourth-order valence-electron chi connectivity index (χ4n) is 3.26. The van der Waals surface area contributed by atoms with Gasteiger partial charge in [-0.3, -0.25) is 9.69 Å². The molecule has 3 aromatic carbocycles. The summed E-state index contributed by atoms with van der Waals surface area (Å²) in [7, 11) is 1.63. The van der Waals surface area contributed by atoms with Crippen LogP contribution < -0.4 is 9.64 Å². The molecule has 3 aromatic rings. The first-order valence-electron chi connectivity index (χ1n) is 8.99. The van der Waals surface area contributed by atoms with E-state index in [1.165, 1.54) is 0 Å². The summed E-state index contributed by atoms with van der Waals surface area (Å²) in [6.45, 7) is 0. The third kappa shape index (κ3) is 4.16. The highest BCUT2D eigenvalue weighted by Gasteiger charge is 2.30. The number of nitrogens with zero attached hydrogens (tertiary/aromatic N) is 1. The lowest BCUT2D eigenvalue weighted by atomic mass is 10.1. The van der Waals surface area contributed by atoms with E-state index in [0.29, 0.717) is 5.57 Å². The van der Waals surface area contributed by atoms with E-state index in [1.807, 2.05) is 84.9 Å². The van der Waals surface area contributed by atoms with Gasteiger partial charge in [-0.15, -0.1) is 0 Å². The summed E-state index contributed by atoms with van der Waals surface area (Å²) < 4.78 is 7.23. The molecular weight excluding hydrogens is 541 g/mol. The third-order valence-corrected chi connectivity index (χ3v) is 5.91. The molecule has 5 heteroatoms. The number of carbonyl (C=O) groups is 1. The van der Waals surface area contributed by atoms with E-state index >= 15 is 0 Å². The first kappa shape index (κ1) is 19.9. The van der Waals surface area contributed by atoms with Crippen molar-refractivity contribution >= 4 is 61.9 Å². The molecular formula is C24H17BrINO2. The smallest absolute Gasteiger partial charge is 0.262 e. The zero-order chi connectivity index (χ0) is 20.4. The first-order chi connectivity index (χ1) is 14.1. The average Bonchev–Trinajstić information content (AvgIpc) is 3.05. The Hall–Kier alpha value is -2.38. The predicted octanol–water partition coefficient (Wildman–Crippen LogP) is 6.53. The molecule has 1 heterocycles. The number of carbonyl (C=O) groups excluding carboxylic acids is 1. The molecule has 144 valence electrons. The van der Waals surface area contributed by atoms with Crippen molar-refractivity contribution in [2.75, 3.05) is 12.0 Å². The summed E-state index contributed by atoms with van der Waals surface area (Å²) in [6.07, 6.45) is 3.86. The molecule has 3 nitrogen and oxygen atoms in total. The molecule has 0 aromatic heterocycles. The van der Waals surface area contributed by atoms with Gasteiger partial charge in [-0.05, 0) is 92.1 Å². The van der Waals surface area contributed by atoms with Crippen molar-refractivity contribution in [2.24, 2.45) is 0 Å². The van der Waals surface area contributed by atoms with Gasteiger partial charge >= 0.3 is 0 Å². The highest BCUT2D eigenvalue weighted by molar-refractivity contribution is 14.1. The molecule has 29 heavy (non-hydrogen) atoms. The van der Waals surface area contributed by atoms with Crippen molar-refractivity contribution in [1.82, 2.24) is 0 Å². The average molecular weight is 558 g/mol. The van der Waals surface area contributed by atoms with Gasteiger partial charge in [-0.25, -0.2) is 0 Å². The SMILES string of the molecule is COc1ccc(C=C2C=C(c3ccccc3)N(c3cccc(I)c3)C2=O)cc1Br. The second kappa shape index (κ2) is 8.55. The highest BCUT2D eigenvalue weighted by Crippen LogP contribution is 2.36. The Morgan fingerprint density at radius 2 is 1.79 bits per heavy atom. The predicted molar refractivity (Wildman–Crippen MR) is 130 cm³/mol. The van der Waals surface area contributed by atoms with Gasteiger partial charge in [-0.2, -0.15) is 0 Å². The number of ether oxygens (including phenoxy) is 1. The summed E-state index contributed by atoms with van der Waals surface area (Å²) in [6, 6.07) is 23.7. The van der Waals surface area contributed by atoms with E-state index in [0.717, 1.165) is 36.3 Å². The van der Waals surface area contributed by atoms with Crippen molar-refractivity contribution in [3.63, 3.8) is 0 Å². The standard InChI is InChI=1S/C24H17BrINO2/c1-29-23-11-10-16(13-21(23)25)12-18-14-22(17-6-3-2-4-7-17)27(24(18)28)20-9-5-8-19(26)15-20/h2-15H,1H3. The van der Waals surface area contributed by atoms with Crippen LogP contribution in [0.1, 0.15) is 11.1 Å². The molecule has 1 amide bonds. The van der Waals surface area contributed by atoms with Gasteiger partial charge in [-0.1, -0.05) is 42.5 Å². The molecule has 0 fully saturated rings. The number of halogens is 2. The number of rotatable bonds is 4. The van der Waals surface area contributed by atoms with Crippen LogP contribution in [0.25, 0.3) is 11.8 Å². The molecule has 1 aliphatic heterocycles. The van der Waals surface area contributed by atoms with Crippen LogP contribution in [0, 0.1) is 3.57 Å². The van der Waals surface area contributed by atoms with Gasteiger partial charge in [0.1, 0.15) is 5.75 Å². The Balaban J connectivity index is 1.81. The number of hydrogen-bond acceptors (Lipinski definition) is 2. The molecule has 0 N–H and O–H groups in total. The largest absolute Gasteiger partial charge is 0.496 e. The lowest BCUT2D eigenvalue weighted by Crippen LogP contribution is -2.25. The number of methoxy groups -OCH3 is 1. The summed E-state index contributed by atoms with van der Waals surface area (Å²) in [4.78, 5) is 15.2. The zero-order valence-electron chi connectivity index (χ0n) is 15.6. The summed E-state index contributed by atoms with van der Waals surface area (Å²) in [5, 5.41) is 0. The maximum atomic E-state index is 13.4. The molecule has 4 rings (SSSR count). The zero-order valence-corrected chi connectivity index (χ0v) is 19.3. The monoisotopic (exact) mass is 557 g/mol. The van der Waals surface area contributed by atoms with Crippen LogP contribution in [0.4, 0.5) is 5.69 Å². The molecule has 0 saturated carbocycles. The maximum Gasteiger partial charge on any atom is 0.262 e. The maximum absolute atomic E-state index is 13.4.